The fourth-order valence-corrected chi connectivity index (χ4v) is 4.66. The molecule has 2 nitrogen and oxygen atoms in total. The van der Waals surface area contributed by atoms with Crippen molar-refractivity contribution in [3.63, 3.8) is 0 Å². The molecule has 0 aromatic heterocycles. The van der Waals surface area contributed by atoms with Gasteiger partial charge < -0.3 is 9.47 Å². The maximum atomic E-state index is 13.9. The van der Waals surface area contributed by atoms with Gasteiger partial charge in [-0.25, -0.2) is 8.78 Å². The van der Waals surface area contributed by atoms with Gasteiger partial charge in [0.1, 0.15) is 0 Å². The largest absolute Gasteiger partial charge is 0.460 e. The monoisotopic (exact) mass is 352 g/mol. The highest BCUT2D eigenvalue weighted by atomic mass is 19.1. The fourth-order valence-electron chi connectivity index (χ4n) is 4.66. The highest BCUT2D eigenvalue weighted by Gasteiger charge is 2.31. The molecule has 0 N–H and O–H groups in total. The molecule has 4 heteroatoms. The van der Waals surface area contributed by atoms with Crippen LogP contribution in [-0.4, -0.2) is 13.5 Å². The van der Waals surface area contributed by atoms with E-state index in [1.54, 1.807) is 6.07 Å². The minimum absolute atomic E-state index is 0.0382. The maximum Gasteiger partial charge on any atom is 0.228 e. The van der Waals surface area contributed by atoms with E-state index in [4.69, 9.17) is 4.74 Å². The summed E-state index contributed by atoms with van der Waals surface area (Å²) in [6.07, 6.45) is 10.1. The Kier molecular flexibility index (Phi) is 6.69. The third-order valence-corrected chi connectivity index (χ3v) is 6.10. The summed E-state index contributed by atoms with van der Waals surface area (Å²) in [4.78, 5) is 0. The minimum Gasteiger partial charge on any atom is -0.460 e. The molecule has 0 spiro atoms. The first-order valence-electron chi connectivity index (χ1n) is 9.81. The van der Waals surface area contributed by atoms with E-state index in [2.05, 4.69) is 11.7 Å². The zero-order valence-corrected chi connectivity index (χ0v) is 15.2. The van der Waals surface area contributed by atoms with Crippen molar-refractivity contribution in [3.8, 4) is 5.75 Å². The third-order valence-electron chi connectivity index (χ3n) is 6.10. The van der Waals surface area contributed by atoms with Crippen LogP contribution in [0, 0.1) is 23.6 Å². The van der Waals surface area contributed by atoms with Crippen molar-refractivity contribution in [2.45, 2.75) is 64.4 Å². The first-order chi connectivity index (χ1) is 12.2. The summed E-state index contributed by atoms with van der Waals surface area (Å²) >= 11 is 0. The van der Waals surface area contributed by atoms with Crippen LogP contribution in [0.4, 0.5) is 8.78 Å². The number of halogens is 2. The van der Waals surface area contributed by atoms with Gasteiger partial charge in [-0.3, -0.25) is 0 Å². The topological polar surface area (TPSA) is 18.5 Å². The molecule has 140 valence electrons. The summed E-state index contributed by atoms with van der Waals surface area (Å²) in [5.74, 6) is 1.83. The molecule has 1 saturated carbocycles. The fraction of sp³-hybridized carbons (Fsp3) is 0.714. The van der Waals surface area contributed by atoms with Crippen molar-refractivity contribution in [1.29, 1.82) is 0 Å². The van der Waals surface area contributed by atoms with Gasteiger partial charge in [0, 0.05) is 0 Å². The lowest BCUT2D eigenvalue weighted by atomic mass is 9.73. The van der Waals surface area contributed by atoms with E-state index in [-0.39, 0.29) is 11.9 Å². The minimum atomic E-state index is -1.02. The molecule has 3 rings (SSSR count). The van der Waals surface area contributed by atoms with Crippen molar-refractivity contribution in [1.82, 2.24) is 0 Å². The van der Waals surface area contributed by atoms with Crippen LogP contribution in [0.15, 0.2) is 18.2 Å². The maximum absolute atomic E-state index is 13.9. The van der Waals surface area contributed by atoms with Gasteiger partial charge in [-0.05, 0) is 61.1 Å². The SMILES string of the molecule is CCCC1CCC(C2CCC(c3ccc(OCF)c(F)c3)OC2)CC1. The van der Waals surface area contributed by atoms with E-state index in [1.165, 1.54) is 50.7 Å². The molecule has 0 radical (unpaired) electrons. The smallest absolute Gasteiger partial charge is 0.228 e. The molecular formula is C21H30F2O2. The Balaban J connectivity index is 1.50. The Labute approximate surface area is 149 Å². The average Bonchev–Trinajstić information content (AvgIpc) is 2.65. The van der Waals surface area contributed by atoms with Gasteiger partial charge in [0.15, 0.2) is 11.6 Å². The number of benzene rings is 1. The quantitative estimate of drug-likeness (QED) is 0.606. The van der Waals surface area contributed by atoms with Crippen molar-refractivity contribution in [2.75, 3.05) is 13.5 Å². The highest BCUT2D eigenvalue weighted by Crippen LogP contribution is 2.41. The first kappa shape index (κ1) is 18.6. The average molecular weight is 352 g/mol. The van der Waals surface area contributed by atoms with Gasteiger partial charge in [0.2, 0.25) is 6.86 Å². The summed E-state index contributed by atoms with van der Waals surface area (Å²) in [5, 5.41) is 0. The molecule has 2 aliphatic rings. The van der Waals surface area contributed by atoms with Crippen LogP contribution in [0.2, 0.25) is 0 Å². The lowest BCUT2D eigenvalue weighted by Gasteiger charge is -2.38. The molecule has 2 fully saturated rings. The van der Waals surface area contributed by atoms with Gasteiger partial charge in [-0.15, -0.1) is 0 Å². The molecule has 0 amide bonds. The van der Waals surface area contributed by atoms with Crippen LogP contribution in [0.25, 0.3) is 0 Å². The number of alkyl halides is 1. The molecule has 0 bridgehead atoms. The predicted molar refractivity (Wildman–Crippen MR) is 94.8 cm³/mol. The number of rotatable bonds is 6. The second-order valence-electron chi connectivity index (χ2n) is 7.67. The van der Waals surface area contributed by atoms with Crippen LogP contribution in [0.5, 0.6) is 5.75 Å². The van der Waals surface area contributed by atoms with Crippen LogP contribution in [-0.2, 0) is 4.74 Å². The van der Waals surface area contributed by atoms with Crippen LogP contribution in [0.3, 0.4) is 0 Å². The van der Waals surface area contributed by atoms with Crippen molar-refractivity contribution < 1.29 is 18.3 Å². The lowest BCUT2D eigenvalue weighted by molar-refractivity contribution is -0.0406. The number of hydrogen-bond acceptors (Lipinski definition) is 2. The summed E-state index contributed by atoms with van der Waals surface area (Å²) < 4.78 is 36.8. The van der Waals surface area contributed by atoms with Gasteiger partial charge in [-0.2, -0.15) is 0 Å². The zero-order valence-electron chi connectivity index (χ0n) is 15.2. The lowest BCUT2D eigenvalue weighted by Crippen LogP contribution is -2.29. The Morgan fingerprint density at radius 3 is 2.44 bits per heavy atom. The predicted octanol–water partition coefficient (Wildman–Crippen LogP) is 6.21. The second-order valence-corrected chi connectivity index (χ2v) is 7.67. The van der Waals surface area contributed by atoms with E-state index >= 15 is 0 Å². The molecule has 1 aliphatic heterocycles. The van der Waals surface area contributed by atoms with E-state index in [0.29, 0.717) is 5.92 Å². The van der Waals surface area contributed by atoms with Gasteiger partial charge in [0.05, 0.1) is 12.7 Å². The molecule has 1 heterocycles. The molecule has 1 aromatic rings. The molecule has 2 atom stereocenters. The summed E-state index contributed by atoms with van der Waals surface area (Å²) in [5.41, 5.74) is 0.828. The second kappa shape index (κ2) is 8.98. The van der Waals surface area contributed by atoms with Crippen LogP contribution in [0.1, 0.15) is 70.0 Å². The van der Waals surface area contributed by atoms with Crippen LogP contribution >= 0.6 is 0 Å². The molecule has 1 saturated heterocycles. The van der Waals surface area contributed by atoms with Crippen molar-refractivity contribution in [2.24, 2.45) is 17.8 Å². The Bertz CT molecular complexity index is 533. The third kappa shape index (κ3) is 4.72. The molecule has 25 heavy (non-hydrogen) atoms. The van der Waals surface area contributed by atoms with Crippen molar-refractivity contribution >= 4 is 0 Å². The zero-order chi connectivity index (χ0) is 17.6. The number of ether oxygens (including phenoxy) is 2. The van der Waals surface area contributed by atoms with Gasteiger partial charge in [0.25, 0.3) is 0 Å². The van der Waals surface area contributed by atoms with Crippen molar-refractivity contribution in [3.05, 3.63) is 29.6 Å². The molecular weight excluding hydrogens is 322 g/mol. The standard InChI is InChI=1S/C21H30F2O2/c1-2-3-15-4-6-16(7-5-15)18-9-10-20(24-13-18)17-8-11-21(25-14-22)19(23)12-17/h8,11-12,15-16,18,20H,2-7,9-10,13-14H2,1H3. The molecule has 1 aliphatic carbocycles. The Hall–Kier alpha value is -1.16. The van der Waals surface area contributed by atoms with E-state index < -0.39 is 12.7 Å². The van der Waals surface area contributed by atoms with E-state index in [0.717, 1.165) is 36.8 Å². The number of hydrogen-bond donors (Lipinski definition) is 0. The first-order valence-corrected chi connectivity index (χ1v) is 9.81. The molecule has 2 unspecified atom stereocenters. The van der Waals surface area contributed by atoms with Crippen LogP contribution < -0.4 is 4.74 Å². The van der Waals surface area contributed by atoms with E-state index in [9.17, 15) is 8.78 Å². The highest BCUT2D eigenvalue weighted by molar-refractivity contribution is 5.30. The Morgan fingerprint density at radius 1 is 1.08 bits per heavy atom. The normalized spacial score (nSPS) is 30.2. The van der Waals surface area contributed by atoms with Gasteiger partial charge in [-0.1, -0.05) is 38.7 Å². The van der Waals surface area contributed by atoms with Gasteiger partial charge >= 0.3 is 0 Å². The Morgan fingerprint density at radius 2 is 1.84 bits per heavy atom. The summed E-state index contributed by atoms with van der Waals surface area (Å²) in [7, 11) is 0. The summed E-state index contributed by atoms with van der Waals surface area (Å²) in [6, 6.07) is 4.70. The molecule has 1 aromatic carbocycles. The van der Waals surface area contributed by atoms with E-state index in [1.807, 2.05) is 0 Å². The summed E-state index contributed by atoms with van der Waals surface area (Å²) in [6.45, 7) is 2.04.